The van der Waals surface area contributed by atoms with Crippen LogP contribution in [0.5, 0.6) is 0 Å². The Morgan fingerprint density at radius 2 is 1.02 bits per heavy atom. The highest BCUT2D eigenvalue weighted by molar-refractivity contribution is 5.89. The SMILES string of the molecule is c1ccc(N(c2ccc(-c3ccc4ccccc4c3)cc2)c2ccc3c(c2)-c2ccccc2C32C3CC4CC(C3)CC2C4)cc1. The lowest BCUT2D eigenvalue weighted by Gasteiger charge is -2.61. The number of benzene rings is 6. The summed E-state index contributed by atoms with van der Waals surface area (Å²) in [6, 6.07) is 52.3. The van der Waals surface area contributed by atoms with E-state index >= 15 is 0 Å². The number of nitrogens with zero attached hydrogens (tertiary/aromatic N) is 1. The summed E-state index contributed by atoms with van der Waals surface area (Å²) in [5.41, 5.74) is 12.5. The highest BCUT2D eigenvalue weighted by Gasteiger charge is 2.61. The second-order valence-corrected chi connectivity index (χ2v) is 14.2. The Kier molecular flexibility index (Phi) is 5.53. The highest BCUT2D eigenvalue weighted by atomic mass is 15.1. The van der Waals surface area contributed by atoms with Gasteiger partial charge in [0.05, 0.1) is 0 Å². The second-order valence-electron chi connectivity index (χ2n) is 14.2. The van der Waals surface area contributed by atoms with Gasteiger partial charge in [-0.15, -0.1) is 0 Å². The number of hydrogen-bond donors (Lipinski definition) is 0. The lowest BCUT2D eigenvalue weighted by molar-refractivity contribution is -0.0399. The van der Waals surface area contributed by atoms with E-state index in [4.69, 9.17) is 0 Å². The van der Waals surface area contributed by atoms with Crippen molar-refractivity contribution >= 4 is 27.8 Å². The summed E-state index contributed by atoms with van der Waals surface area (Å²) in [6.45, 7) is 0. The van der Waals surface area contributed by atoms with E-state index in [1.165, 1.54) is 82.2 Å². The molecule has 218 valence electrons. The summed E-state index contributed by atoms with van der Waals surface area (Å²) < 4.78 is 0. The lowest BCUT2D eigenvalue weighted by Crippen LogP contribution is -2.55. The van der Waals surface area contributed by atoms with Crippen molar-refractivity contribution in [2.45, 2.75) is 37.5 Å². The minimum Gasteiger partial charge on any atom is -0.310 e. The van der Waals surface area contributed by atoms with Crippen LogP contribution in [-0.2, 0) is 5.41 Å². The molecule has 0 aliphatic heterocycles. The number of para-hydroxylation sites is 1. The Labute approximate surface area is 266 Å². The maximum Gasteiger partial charge on any atom is 0.0468 e. The van der Waals surface area contributed by atoms with Gasteiger partial charge in [-0.25, -0.2) is 0 Å². The van der Waals surface area contributed by atoms with Crippen LogP contribution >= 0.6 is 0 Å². The highest BCUT2D eigenvalue weighted by Crippen LogP contribution is 2.69. The zero-order chi connectivity index (χ0) is 29.5. The minimum atomic E-state index is 0.205. The third-order valence-corrected chi connectivity index (χ3v) is 12.0. The standard InChI is InChI=1S/C44H37N/c1-2-10-37(11-3-1)45(38-18-16-32(17-19-38)34-15-14-31-8-4-5-9-33(31)27-34)39-20-21-43-41(28-39)40-12-6-7-13-42(40)44(43)35-23-29-22-30(25-35)26-36(44)24-29/h1-21,27-30,35-36H,22-26H2. The van der Waals surface area contributed by atoms with Crippen molar-refractivity contribution in [3.63, 3.8) is 0 Å². The zero-order valence-corrected chi connectivity index (χ0v) is 25.6. The molecule has 4 fully saturated rings. The zero-order valence-electron chi connectivity index (χ0n) is 25.6. The quantitative estimate of drug-likeness (QED) is 0.201. The Hall–Kier alpha value is -4.62. The Morgan fingerprint density at radius 1 is 0.422 bits per heavy atom. The van der Waals surface area contributed by atoms with E-state index in [0.29, 0.717) is 0 Å². The molecule has 4 bridgehead atoms. The monoisotopic (exact) mass is 579 g/mol. The molecule has 0 unspecified atom stereocenters. The molecule has 0 radical (unpaired) electrons. The summed E-state index contributed by atoms with van der Waals surface area (Å²) >= 11 is 0. The molecule has 45 heavy (non-hydrogen) atoms. The number of hydrogen-bond acceptors (Lipinski definition) is 1. The van der Waals surface area contributed by atoms with Crippen LogP contribution < -0.4 is 4.90 Å². The molecule has 11 rings (SSSR count). The fourth-order valence-electron chi connectivity index (χ4n) is 10.5. The van der Waals surface area contributed by atoms with Crippen molar-refractivity contribution in [2.24, 2.45) is 23.7 Å². The molecule has 4 saturated carbocycles. The van der Waals surface area contributed by atoms with Gasteiger partial charge in [-0.05, 0) is 142 Å². The maximum absolute atomic E-state index is 2.53. The predicted octanol–water partition coefficient (Wildman–Crippen LogP) is 11.7. The van der Waals surface area contributed by atoms with E-state index in [9.17, 15) is 0 Å². The molecule has 6 aromatic carbocycles. The molecule has 0 saturated heterocycles. The van der Waals surface area contributed by atoms with Crippen molar-refractivity contribution in [3.8, 4) is 22.3 Å². The summed E-state index contributed by atoms with van der Waals surface area (Å²) in [4.78, 5) is 2.44. The summed E-state index contributed by atoms with van der Waals surface area (Å²) in [5, 5.41) is 2.56. The van der Waals surface area contributed by atoms with E-state index in [-0.39, 0.29) is 5.41 Å². The van der Waals surface area contributed by atoms with Gasteiger partial charge < -0.3 is 4.90 Å². The van der Waals surface area contributed by atoms with Crippen molar-refractivity contribution in [2.75, 3.05) is 4.90 Å². The van der Waals surface area contributed by atoms with Gasteiger partial charge in [0.15, 0.2) is 0 Å². The van der Waals surface area contributed by atoms with Crippen LogP contribution in [0.25, 0.3) is 33.0 Å². The van der Waals surface area contributed by atoms with E-state index in [2.05, 4.69) is 144 Å². The first kappa shape index (κ1) is 25.7. The van der Waals surface area contributed by atoms with E-state index in [1.807, 2.05) is 0 Å². The first-order valence-corrected chi connectivity index (χ1v) is 16.9. The molecule has 1 heteroatoms. The van der Waals surface area contributed by atoms with E-state index in [1.54, 1.807) is 11.1 Å². The molecule has 0 amide bonds. The van der Waals surface area contributed by atoms with Crippen LogP contribution in [-0.4, -0.2) is 0 Å². The van der Waals surface area contributed by atoms with Gasteiger partial charge in [-0.1, -0.05) is 97.1 Å². The minimum absolute atomic E-state index is 0.205. The first-order chi connectivity index (χ1) is 22.3. The van der Waals surface area contributed by atoms with Gasteiger partial charge in [0.2, 0.25) is 0 Å². The summed E-state index contributed by atoms with van der Waals surface area (Å²) in [5.74, 6) is 3.49. The molecule has 0 N–H and O–H groups in total. The number of rotatable bonds is 4. The fraction of sp³-hybridized carbons (Fsp3) is 0.227. The Bertz CT molecular complexity index is 2040. The van der Waals surface area contributed by atoms with Crippen LogP contribution in [0.1, 0.15) is 43.2 Å². The van der Waals surface area contributed by atoms with Crippen LogP contribution in [0.2, 0.25) is 0 Å². The van der Waals surface area contributed by atoms with Gasteiger partial charge in [-0.2, -0.15) is 0 Å². The first-order valence-electron chi connectivity index (χ1n) is 16.9. The van der Waals surface area contributed by atoms with Crippen molar-refractivity contribution in [1.82, 2.24) is 0 Å². The smallest absolute Gasteiger partial charge is 0.0468 e. The second kappa shape index (κ2) is 9.69. The molecule has 0 atom stereocenters. The van der Waals surface area contributed by atoms with Crippen LogP contribution in [0, 0.1) is 23.7 Å². The summed E-state index contributed by atoms with van der Waals surface area (Å²) in [7, 11) is 0. The molecule has 0 aromatic heterocycles. The van der Waals surface area contributed by atoms with Gasteiger partial charge >= 0.3 is 0 Å². The third kappa shape index (κ3) is 3.73. The molecule has 1 spiro atoms. The van der Waals surface area contributed by atoms with Gasteiger partial charge in [0.1, 0.15) is 0 Å². The van der Waals surface area contributed by atoms with E-state index in [0.717, 1.165) is 23.7 Å². The Balaban J connectivity index is 1.09. The molecule has 0 heterocycles. The molecule has 5 aliphatic carbocycles. The van der Waals surface area contributed by atoms with Crippen LogP contribution in [0.3, 0.4) is 0 Å². The molecule has 1 nitrogen and oxygen atoms in total. The lowest BCUT2D eigenvalue weighted by atomic mass is 9.43. The molecular formula is C44H37N. The number of anilines is 3. The van der Waals surface area contributed by atoms with Crippen molar-refractivity contribution < 1.29 is 0 Å². The predicted molar refractivity (Wildman–Crippen MR) is 187 cm³/mol. The average Bonchev–Trinajstić information content (AvgIpc) is 3.38. The molecule has 5 aliphatic rings. The third-order valence-electron chi connectivity index (χ3n) is 12.0. The Morgan fingerprint density at radius 3 is 1.80 bits per heavy atom. The topological polar surface area (TPSA) is 3.24 Å². The number of fused-ring (bicyclic) bond motifs is 4. The van der Waals surface area contributed by atoms with Crippen LogP contribution in [0.4, 0.5) is 17.1 Å². The summed E-state index contributed by atoms with van der Waals surface area (Å²) in [6.07, 6.45) is 7.16. The van der Waals surface area contributed by atoms with Crippen LogP contribution in [0.15, 0.2) is 140 Å². The molecule has 6 aromatic rings. The average molecular weight is 580 g/mol. The maximum atomic E-state index is 2.53. The largest absolute Gasteiger partial charge is 0.310 e. The fourth-order valence-corrected chi connectivity index (χ4v) is 10.5. The van der Waals surface area contributed by atoms with Gasteiger partial charge in [-0.3, -0.25) is 0 Å². The molecular weight excluding hydrogens is 542 g/mol. The van der Waals surface area contributed by atoms with Gasteiger partial charge in [0, 0.05) is 22.5 Å². The van der Waals surface area contributed by atoms with E-state index < -0.39 is 0 Å². The van der Waals surface area contributed by atoms with Crippen molar-refractivity contribution in [1.29, 1.82) is 0 Å². The van der Waals surface area contributed by atoms with Gasteiger partial charge in [0.25, 0.3) is 0 Å². The van der Waals surface area contributed by atoms with Crippen molar-refractivity contribution in [3.05, 3.63) is 151 Å². The normalized spacial score (nSPS) is 25.4.